The molecule has 0 aromatic heterocycles. The van der Waals surface area contributed by atoms with E-state index >= 15 is 0 Å². The van der Waals surface area contributed by atoms with Gasteiger partial charge in [0.15, 0.2) is 0 Å². The van der Waals surface area contributed by atoms with E-state index in [9.17, 15) is 0 Å². The lowest BCUT2D eigenvalue weighted by molar-refractivity contribution is 0.0924. The van der Waals surface area contributed by atoms with Crippen molar-refractivity contribution in [2.75, 3.05) is 26.9 Å². The summed E-state index contributed by atoms with van der Waals surface area (Å²) in [4.78, 5) is 0. The highest BCUT2D eigenvalue weighted by Crippen LogP contribution is 2.10. The van der Waals surface area contributed by atoms with E-state index in [4.69, 9.17) is 9.47 Å². The lowest BCUT2D eigenvalue weighted by Crippen LogP contribution is -2.19. The van der Waals surface area contributed by atoms with Crippen molar-refractivity contribution >= 4 is 0 Å². The van der Waals surface area contributed by atoms with Crippen LogP contribution in [0.2, 0.25) is 0 Å². The maximum Gasteiger partial charge on any atom is 0.0720 e. The Labute approximate surface area is 117 Å². The van der Waals surface area contributed by atoms with Crippen molar-refractivity contribution in [3.8, 4) is 0 Å². The second-order valence-electron chi connectivity index (χ2n) is 5.19. The van der Waals surface area contributed by atoms with E-state index in [0.29, 0.717) is 12.5 Å². The van der Waals surface area contributed by atoms with Gasteiger partial charge in [-0.25, -0.2) is 0 Å². The van der Waals surface area contributed by atoms with Crippen molar-refractivity contribution in [3.63, 3.8) is 0 Å². The highest BCUT2D eigenvalue weighted by Gasteiger charge is 2.02. The average molecular weight is 265 g/mol. The van der Waals surface area contributed by atoms with E-state index in [1.165, 1.54) is 11.1 Å². The van der Waals surface area contributed by atoms with Gasteiger partial charge in [-0.3, -0.25) is 0 Å². The fraction of sp³-hybridized carbons (Fsp3) is 0.625. The third-order valence-corrected chi connectivity index (χ3v) is 2.88. The predicted molar refractivity (Wildman–Crippen MR) is 79.1 cm³/mol. The van der Waals surface area contributed by atoms with Crippen molar-refractivity contribution in [1.82, 2.24) is 5.32 Å². The topological polar surface area (TPSA) is 30.5 Å². The van der Waals surface area contributed by atoms with Gasteiger partial charge in [0, 0.05) is 26.9 Å². The molecule has 0 radical (unpaired) electrons. The molecule has 0 aliphatic rings. The molecule has 0 heterocycles. The molecule has 1 rings (SSSR count). The molecule has 0 saturated carbocycles. The molecule has 0 saturated heterocycles. The Kier molecular flexibility index (Phi) is 8.47. The van der Waals surface area contributed by atoms with Crippen LogP contribution in [0.4, 0.5) is 0 Å². The number of ether oxygens (including phenoxy) is 2. The van der Waals surface area contributed by atoms with E-state index in [1.807, 2.05) is 0 Å². The van der Waals surface area contributed by atoms with Crippen LogP contribution in [0.15, 0.2) is 24.3 Å². The molecule has 0 spiro atoms. The van der Waals surface area contributed by atoms with Gasteiger partial charge in [0.25, 0.3) is 0 Å². The summed E-state index contributed by atoms with van der Waals surface area (Å²) < 4.78 is 10.7. The minimum Gasteiger partial charge on any atom is -0.385 e. The van der Waals surface area contributed by atoms with E-state index in [2.05, 4.69) is 43.4 Å². The number of rotatable bonds is 10. The first-order valence-electron chi connectivity index (χ1n) is 7.08. The van der Waals surface area contributed by atoms with Crippen molar-refractivity contribution in [3.05, 3.63) is 35.4 Å². The van der Waals surface area contributed by atoms with Gasteiger partial charge in [-0.2, -0.15) is 0 Å². The number of nitrogens with one attached hydrogen (secondary N) is 1. The zero-order chi connectivity index (χ0) is 13.9. The number of hydrogen-bond acceptors (Lipinski definition) is 3. The van der Waals surface area contributed by atoms with E-state index in [-0.39, 0.29) is 0 Å². The van der Waals surface area contributed by atoms with Crippen LogP contribution in [-0.4, -0.2) is 26.9 Å². The number of hydrogen-bond donors (Lipinski definition) is 1. The Morgan fingerprint density at radius 1 is 1.11 bits per heavy atom. The molecule has 1 aromatic carbocycles. The molecule has 0 fully saturated rings. The maximum atomic E-state index is 5.68. The fourth-order valence-corrected chi connectivity index (χ4v) is 1.85. The van der Waals surface area contributed by atoms with E-state index < -0.39 is 0 Å². The third-order valence-electron chi connectivity index (χ3n) is 2.88. The molecule has 0 bridgehead atoms. The minimum absolute atomic E-state index is 0.678. The van der Waals surface area contributed by atoms with Crippen LogP contribution in [0.25, 0.3) is 0 Å². The fourth-order valence-electron chi connectivity index (χ4n) is 1.85. The molecule has 0 unspecified atom stereocenters. The lowest BCUT2D eigenvalue weighted by atomic mass is 10.1. The summed E-state index contributed by atoms with van der Waals surface area (Å²) in [5.41, 5.74) is 2.60. The molecular formula is C16H27NO2. The molecule has 0 atom stereocenters. The Morgan fingerprint density at radius 3 is 2.53 bits per heavy atom. The van der Waals surface area contributed by atoms with Crippen LogP contribution in [0.3, 0.4) is 0 Å². The number of benzene rings is 1. The Morgan fingerprint density at radius 2 is 1.84 bits per heavy atom. The number of methoxy groups -OCH3 is 1. The molecule has 0 amide bonds. The summed E-state index contributed by atoms with van der Waals surface area (Å²) in [7, 11) is 1.72. The first-order valence-corrected chi connectivity index (χ1v) is 7.08. The van der Waals surface area contributed by atoms with Crippen LogP contribution >= 0.6 is 0 Å². The van der Waals surface area contributed by atoms with Crippen LogP contribution < -0.4 is 5.32 Å². The third kappa shape index (κ3) is 7.31. The standard InChI is InChI=1S/C16H27NO2/c1-14(2)11-17-12-15-7-4-5-8-16(15)13-19-10-6-9-18-3/h4-5,7-8,14,17H,6,9-13H2,1-3H3. The summed E-state index contributed by atoms with van der Waals surface area (Å²) in [5.74, 6) is 0.678. The normalized spacial score (nSPS) is 11.2. The summed E-state index contributed by atoms with van der Waals surface area (Å²) in [6, 6.07) is 8.46. The molecular weight excluding hydrogens is 238 g/mol. The van der Waals surface area contributed by atoms with Gasteiger partial charge in [-0.05, 0) is 30.0 Å². The van der Waals surface area contributed by atoms with Crippen LogP contribution in [-0.2, 0) is 22.6 Å². The van der Waals surface area contributed by atoms with Crippen LogP contribution in [0.5, 0.6) is 0 Å². The minimum atomic E-state index is 0.678. The van der Waals surface area contributed by atoms with Crippen molar-refractivity contribution in [2.45, 2.75) is 33.4 Å². The summed E-state index contributed by atoms with van der Waals surface area (Å²) in [6.45, 7) is 8.59. The zero-order valence-corrected chi connectivity index (χ0v) is 12.4. The maximum absolute atomic E-state index is 5.68. The Hall–Kier alpha value is -0.900. The quantitative estimate of drug-likeness (QED) is 0.660. The largest absolute Gasteiger partial charge is 0.385 e. The van der Waals surface area contributed by atoms with Gasteiger partial charge in [-0.1, -0.05) is 38.1 Å². The van der Waals surface area contributed by atoms with Crippen molar-refractivity contribution < 1.29 is 9.47 Å². The molecule has 0 aliphatic carbocycles. The zero-order valence-electron chi connectivity index (χ0n) is 12.4. The van der Waals surface area contributed by atoms with E-state index in [1.54, 1.807) is 7.11 Å². The molecule has 1 aromatic rings. The van der Waals surface area contributed by atoms with Crippen molar-refractivity contribution in [2.24, 2.45) is 5.92 Å². The first kappa shape index (κ1) is 16.2. The molecule has 3 nitrogen and oxygen atoms in total. The monoisotopic (exact) mass is 265 g/mol. The van der Waals surface area contributed by atoms with Gasteiger partial charge >= 0.3 is 0 Å². The van der Waals surface area contributed by atoms with Crippen LogP contribution in [0, 0.1) is 5.92 Å². The molecule has 0 aliphatic heterocycles. The average Bonchev–Trinajstić information content (AvgIpc) is 2.40. The molecule has 108 valence electrons. The smallest absolute Gasteiger partial charge is 0.0720 e. The van der Waals surface area contributed by atoms with E-state index in [0.717, 1.165) is 32.7 Å². The summed E-state index contributed by atoms with van der Waals surface area (Å²) in [5, 5.41) is 3.48. The van der Waals surface area contributed by atoms with Gasteiger partial charge in [0.1, 0.15) is 0 Å². The van der Waals surface area contributed by atoms with Gasteiger partial charge in [-0.15, -0.1) is 0 Å². The molecule has 1 N–H and O–H groups in total. The SMILES string of the molecule is COCCCOCc1ccccc1CNCC(C)C. The van der Waals surface area contributed by atoms with Crippen LogP contribution in [0.1, 0.15) is 31.4 Å². The van der Waals surface area contributed by atoms with Gasteiger partial charge < -0.3 is 14.8 Å². The second kappa shape index (κ2) is 9.96. The second-order valence-corrected chi connectivity index (χ2v) is 5.19. The molecule has 3 heteroatoms. The van der Waals surface area contributed by atoms with Gasteiger partial charge in [0.05, 0.1) is 6.61 Å². The predicted octanol–water partition coefficient (Wildman–Crippen LogP) is 2.99. The Bertz CT molecular complexity index is 339. The summed E-state index contributed by atoms with van der Waals surface area (Å²) >= 11 is 0. The summed E-state index contributed by atoms with van der Waals surface area (Å²) in [6.07, 6.45) is 0.949. The first-order chi connectivity index (χ1) is 9.24. The highest BCUT2D eigenvalue weighted by molar-refractivity contribution is 5.26. The Balaban J connectivity index is 2.35. The lowest BCUT2D eigenvalue weighted by Gasteiger charge is -2.12. The highest BCUT2D eigenvalue weighted by atomic mass is 16.5. The van der Waals surface area contributed by atoms with Gasteiger partial charge in [0.2, 0.25) is 0 Å². The molecule has 19 heavy (non-hydrogen) atoms. The van der Waals surface area contributed by atoms with Crippen molar-refractivity contribution in [1.29, 1.82) is 0 Å².